The molecule has 1 heterocycles. The summed E-state index contributed by atoms with van der Waals surface area (Å²) in [6, 6.07) is 3.47. The molecule has 0 unspecified atom stereocenters. The van der Waals surface area contributed by atoms with Crippen LogP contribution in [0.4, 0.5) is 0 Å². The fraction of sp³-hybridized carbons (Fsp3) is 0.438. The zero-order valence-electron chi connectivity index (χ0n) is 13.8. The Labute approximate surface area is 134 Å². The highest BCUT2D eigenvalue weighted by Gasteiger charge is 2.19. The van der Waals surface area contributed by atoms with Crippen LogP contribution in [-0.4, -0.2) is 52.5 Å². The number of rotatable bonds is 8. The van der Waals surface area contributed by atoms with Gasteiger partial charge >= 0.3 is 0 Å². The summed E-state index contributed by atoms with van der Waals surface area (Å²) in [7, 11) is 6.30. The standard InChI is InChI=1S/C16H22N2O5/c1-20-7-5-6-17-16(19)11-8-10-12(21-2)9-13(22-3)15(23-4)14(10)18-11/h8-9,18H,5-7H2,1-4H3,(H,17,19). The molecule has 0 saturated heterocycles. The zero-order valence-corrected chi connectivity index (χ0v) is 13.8. The Morgan fingerprint density at radius 1 is 1.09 bits per heavy atom. The number of H-pyrrole nitrogens is 1. The van der Waals surface area contributed by atoms with E-state index in [4.69, 9.17) is 18.9 Å². The summed E-state index contributed by atoms with van der Waals surface area (Å²) in [5.74, 6) is 1.47. The van der Waals surface area contributed by atoms with Gasteiger partial charge in [-0.15, -0.1) is 0 Å². The molecule has 1 amide bonds. The van der Waals surface area contributed by atoms with Crippen LogP contribution in [0.2, 0.25) is 0 Å². The molecule has 0 aliphatic rings. The molecule has 2 aromatic rings. The van der Waals surface area contributed by atoms with Crippen molar-refractivity contribution in [2.24, 2.45) is 0 Å². The van der Waals surface area contributed by atoms with Gasteiger partial charge < -0.3 is 29.2 Å². The van der Waals surface area contributed by atoms with E-state index in [-0.39, 0.29) is 5.91 Å². The van der Waals surface area contributed by atoms with E-state index in [0.717, 1.165) is 11.8 Å². The van der Waals surface area contributed by atoms with Crippen LogP contribution in [-0.2, 0) is 4.74 Å². The number of ether oxygens (including phenoxy) is 4. The molecule has 23 heavy (non-hydrogen) atoms. The summed E-state index contributed by atoms with van der Waals surface area (Å²) in [6.07, 6.45) is 0.753. The third-order valence-electron chi connectivity index (χ3n) is 3.50. The first-order chi connectivity index (χ1) is 11.2. The smallest absolute Gasteiger partial charge is 0.267 e. The van der Waals surface area contributed by atoms with Crippen LogP contribution < -0.4 is 19.5 Å². The van der Waals surface area contributed by atoms with Crippen molar-refractivity contribution in [1.82, 2.24) is 10.3 Å². The molecule has 7 nitrogen and oxygen atoms in total. The fourth-order valence-electron chi connectivity index (χ4n) is 2.37. The van der Waals surface area contributed by atoms with E-state index in [1.54, 1.807) is 40.6 Å². The number of benzene rings is 1. The molecular formula is C16H22N2O5. The van der Waals surface area contributed by atoms with Crippen LogP contribution in [0.3, 0.4) is 0 Å². The van der Waals surface area contributed by atoms with Crippen LogP contribution in [0, 0.1) is 0 Å². The highest BCUT2D eigenvalue weighted by Crippen LogP contribution is 2.41. The van der Waals surface area contributed by atoms with Gasteiger partial charge in [-0.25, -0.2) is 0 Å². The molecule has 0 spiro atoms. The number of aromatic amines is 1. The largest absolute Gasteiger partial charge is 0.496 e. The predicted molar refractivity (Wildman–Crippen MR) is 86.8 cm³/mol. The molecule has 0 atom stereocenters. The van der Waals surface area contributed by atoms with Crippen LogP contribution in [0.5, 0.6) is 17.2 Å². The number of methoxy groups -OCH3 is 4. The summed E-state index contributed by atoms with van der Waals surface area (Å²) in [4.78, 5) is 15.3. The summed E-state index contributed by atoms with van der Waals surface area (Å²) in [6.45, 7) is 1.14. The molecule has 0 aliphatic heterocycles. The maximum Gasteiger partial charge on any atom is 0.267 e. The molecule has 1 aromatic heterocycles. The van der Waals surface area contributed by atoms with Crippen LogP contribution in [0.15, 0.2) is 12.1 Å². The van der Waals surface area contributed by atoms with Gasteiger partial charge in [-0.1, -0.05) is 0 Å². The maximum atomic E-state index is 12.2. The maximum absolute atomic E-state index is 12.2. The zero-order chi connectivity index (χ0) is 16.8. The molecule has 0 aliphatic carbocycles. The minimum Gasteiger partial charge on any atom is -0.496 e. The monoisotopic (exact) mass is 322 g/mol. The number of fused-ring (bicyclic) bond motifs is 1. The number of aromatic nitrogens is 1. The molecule has 0 radical (unpaired) electrons. The second kappa shape index (κ2) is 7.73. The number of nitrogens with one attached hydrogen (secondary N) is 2. The summed E-state index contributed by atoms with van der Waals surface area (Å²) in [5, 5.41) is 3.59. The van der Waals surface area contributed by atoms with Crippen LogP contribution >= 0.6 is 0 Å². The van der Waals surface area contributed by atoms with Gasteiger partial charge in [-0.05, 0) is 12.5 Å². The Balaban J connectivity index is 2.35. The molecule has 0 fully saturated rings. The predicted octanol–water partition coefficient (Wildman–Crippen LogP) is 1.96. The van der Waals surface area contributed by atoms with Crippen molar-refractivity contribution in [3.63, 3.8) is 0 Å². The lowest BCUT2D eigenvalue weighted by Gasteiger charge is -2.11. The van der Waals surface area contributed by atoms with Gasteiger partial charge in [0.2, 0.25) is 0 Å². The normalized spacial score (nSPS) is 10.6. The van der Waals surface area contributed by atoms with E-state index in [2.05, 4.69) is 10.3 Å². The van der Waals surface area contributed by atoms with E-state index in [9.17, 15) is 4.79 Å². The molecule has 2 N–H and O–H groups in total. The average molecular weight is 322 g/mol. The molecular weight excluding hydrogens is 300 g/mol. The Bertz CT molecular complexity index is 681. The van der Waals surface area contributed by atoms with Crippen molar-refractivity contribution in [2.45, 2.75) is 6.42 Å². The number of amides is 1. The third-order valence-corrected chi connectivity index (χ3v) is 3.50. The minimum atomic E-state index is -0.194. The number of carbonyl (C=O) groups is 1. The highest BCUT2D eigenvalue weighted by molar-refractivity contribution is 6.02. The molecule has 126 valence electrons. The van der Waals surface area contributed by atoms with E-state index in [0.29, 0.717) is 41.6 Å². The van der Waals surface area contributed by atoms with E-state index < -0.39 is 0 Å². The molecule has 7 heteroatoms. The van der Waals surface area contributed by atoms with Gasteiger partial charge in [0.05, 0.1) is 26.8 Å². The molecule has 1 aromatic carbocycles. The minimum absolute atomic E-state index is 0.194. The number of hydrogen-bond donors (Lipinski definition) is 2. The van der Waals surface area contributed by atoms with Crippen molar-refractivity contribution < 1.29 is 23.7 Å². The van der Waals surface area contributed by atoms with Crippen LogP contribution in [0.1, 0.15) is 16.9 Å². The summed E-state index contributed by atoms with van der Waals surface area (Å²) >= 11 is 0. The first-order valence-corrected chi connectivity index (χ1v) is 7.25. The van der Waals surface area contributed by atoms with Crippen molar-refractivity contribution in [2.75, 3.05) is 41.6 Å². The summed E-state index contributed by atoms with van der Waals surface area (Å²) in [5.41, 5.74) is 1.09. The van der Waals surface area contributed by atoms with Gasteiger partial charge in [0.1, 0.15) is 11.4 Å². The summed E-state index contributed by atoms with van der Waals surface area (Å²) < 4.78 is 21.0. The van der Waals surface area contributed by atoms with Gasteiger partial charge in [-0.2, -0.15) is 0 Å². The Morgan fingerprint density at radius 2 is 1.83 bits per heavy atom. The molecule has 2 rings (SSSR count). The Hall–Kier alpha value is -2.41. The number of carbonyl (C=O) groups excluding carboxylic acids is 1. The van der Waals surface area contributed by atoms with Crippen molar-refractivity contribution in [3.05, 3.63) is 17.8 Å². The molecule has 0 saturated carbocycles. The SMILES string of the molecule is COCCCNC(=O)c1cc2c(OC)cc(OC)c(OC)c2[nH]1. The van der Waals surface area contributed by atoms with Crippen LogP contribution in [0.25, 0.3) is 10.9 Å². The van der Waals surface area contributed by atoms with Gasteiger partial charge in [0, 0.05) is 31.7 Å². The number of hydrogen-bond acceptors (Lipinski definition) is 5. The first kappa shape index (κ1) is 17.0. The second-order valence-electron chi connectivity index (χ2n) is 4.89. The molecule has 0 bridgehead atoms. The van der Waals surface area contributed by atoms with Crippen molar-refractivity contribution >= 4 is 16.8 Å². The van der Waals surface area contributed by atoms with Gasteiger partial charge in [0.25, 0.3) is 5.91 Å². The Morgan fingerprint density at radius 3 is 2.43 bits per heavy atom. The average Bonchev–Trinajstić information content (AvgIpc) is 3.02. The van der Waals surface area contributed by atoms with Crippen molar-refractivity contribution in [1.29, 1.82) is 0 Å². The van der Waals surface area contributed by atoms with Gasteiger partial charge in [0.15, 0.2) is 11.5 Å². The second-order valence-corrected chi connectivity index (χ2v) is 4.89. The van der Waals surface area contributed by atoms with Gasteiger partial charge in [-0.3, -0.25) is 4.79 Å². The van der Waals surface area contributed by atoms with Crippen molar-refractivity contribution in [3.8, 4) is 17.2 Å². The Kier molecular flexibility index (Phi) is 5.70. The quantitative estimate of drug-likeness (QED) is 0.726. The van der Waals surface area contributed by atoms with E-state index in [1.807, 2.05) is 0 Å². The lowest BCUT2D eigenvalue weighted by molar-refractivity contribution is 0.0944. The lowest BCUT2D eigenvalue weighted by Crippen LogP contribution is -2.25. The topological polar surface area (TPSA) is 81.8 Å². The lowest BCUT2D eigenvalue weighted by atomic mass is 10.2. The first-order valence-electron chi connectivity index (χ1n) is 7.25. The van der Waals surface area contributed by atoms with E-state index in [1.165, 1.54) is 0 Å². The fourth-order valence-corrected chi connectivity index (χ4v) is 2.37. The van der Waals surface area contributed by atoms with E-state index >= 15 is 0 Å². The highest BCUT2D eigenvalue weighted by atomic mass is 16.5. The third kappa shape index (κ3) is 3.50.